The van der Waals surface area contributed by atoms with Crippen molar-refractivity contribution < 1.29 is 28.8 Å². The van der Waals surface area contributed by atoms with Gasteiger partial charge >= 0.3 is 5.97 Å². The number of carboxylic acids is 1. The van der Waals surface area contributed by atoms with E-state index in [4.69, 9.17) is 30.5 Å². The molecule has 0 saturated carbocycles. The number of rotatable bonds is 10. The van der Waals surface area contributed by atoms with Crippen molar-refractivity contribution in [1.29, 1.82) is 5.26 Å². The van der Waals surface area contributed by atoms with Gasteiger partial charge in [0.05, 0.1) is 16.7 Å². The predicted octanol–water partition coefficient (Wildman–Crippen LogP) is 7.25. The van der Waals surface area contributed by atoms with Crippen molar-refractivity contribution in [2.24, 2.45) is 0 Å². The third-order valence-electron chi connectivity index (χ3n) is 8.09. The molecule has 45 heavy (non-hydrogen) atoms. The van der Waals surface area contributed by atoms with Gasteiger partial charge in [-0.25, -0.2) is 0 Å². The van der Waals surface area contributed by atoms with Gasteiger partial charge in [-0.05, 0) is 60.8 Å². The lowest BCUT2D eigenvalue weighted by atomic mass is 10.0. The average Bonchev–Trinajstić information content (AvgIpc) is 3.07. The summed E-state index contributed by atoms with van der Waals surface area (Å²) in [6, 6.07) is 26.2. The van der Waals surface area contributed by atoms with Crippen LogP contribution in [-0.2, 0) is 24.6 Å². The topological polar surface area (TPSA) is 101 Å². The quantitative estimate of drug-likeness (QED) is 0.197. The van der Waals surface area contributed by atoms with E-state index in [1.54, 1.807) is 12.1 Å². The fraction of sp³-hybridized carbons (Fsp3) is 0.278. The summed E-state index contributed by atoms with van der Waals surface area (Å²) in [6.45, 7) is 2.66. The highest BCUT2D eigenvalue weighted by Gasteiger charge is 2.29. The van der Waals surface area contributed by atoms with Crippen LogP contribution < -0.4 is 18.9 Å². The number of halogens is 1. The summed E-state index contributed by atoms with van der Waals surface area (Å²) in [7, 11) is 0. The second-order valence-corrected chi connectivity index (χ2v) is 11.5. The van der Waals surface area contributed by atoms with E-state index >= 15 is 0 Å². The Labute approximate surface area is 267 Å². The Bertz CT molecular complexity index is 1740. The number of hydrogen-bond donors (Lipinski definition) is 1. The second-order valence-electron chi connectivity index (χ2n) is 11.1. The molecular formula is C36H33ClN2O6. The van der Waals surface area contributed by atoms with Gasteiger partial charge in [0, 0.05) is 29.3 Å². The number of carboxylic acid groups (broad SMARTS) is 1. The molecule has 8 nitrogen and oxygen atoms in total. The number of fused-ring (bicyclic) bond motifs is 1. The van der Waals surface area contributed by atoms with Crippen LogP contribution in [0.3, 0.4) is 0 Å². The molecule has 4 aromatic rings. The molecule has 4 aromatic carbocycles. The molecule has 1 fully saturated rings. The molecule has 230 valence electrons. The molecule has 9 heteroatoms. The molecule has 0 spiro atoms. The van der Waals surface area contributed by atoms with Gasteiger partial charge in [-0.15, -0.1) is 0 Å². The Hall–Kier alpha value is -4.71. The third-order valence-corrected chi connectivity index (χ3v) is 8.53. The van der Waals surface area contributed by atoms with Crippen LogP contribution in [0.25, 0.3) is 11.1 Å². The minimum absolute atomic E-state index is 0.230. The van der Waals surface area contributed by atoms with Crippen LogP contribution in [0, 0.1) is 11.3 Å². The Morgan fingerprint density at radius 3 is 2.62 bits per heavy atom. The molecule has 1 N–H and O–H groups in total. The maximum Gasteiger partial charge on any atom is 0.320 e. The van der Waals surface area contributed by atoms with Crippen LogP contribution >= 0.6 is 11.6 Å². The molecule has 2 aliphatic rings. The maximum atomic E-state index is 11.9. The van der Waals surface area contributed by atoms with Gasteiger partial charge in [0.15, 0.2) is 11.5 Å². The standard InChI is InChI=1S/C36H33ClN2O6/c37-35-28(7-4-8-30(35)26-11-13-32-34(18-26)43-16-15-42-32)23-44-29-12-10-27(21-39-14-2-1-9-31(39)36(40)41)33(19-29)45-22-25-6-3-5-24(17-25)20-38/h3-8,10-13,17-19,31H,1-2,9,14-16,21-23H2,(H,40,41)/t31-/m0/s1. The van der Waals surface area contributed by atoms with E-state index in [2.05, 4.69) is 6.07 Å². The van der Waals surface area contributed by atoms with Gasteiger partial charge in [-0.1, -0.05) is 60.5 Å². The van der Waals surface area contributed by atoms with E-state index in [-0.39, 0.29) is 13.2 Å². The molecule has 0 bridgehead atoms. The summed E-state index contributed by atoms with van der Waals surface area (Å²) in [5, 5.41) is 19.7. The van der Waals surface area contributed by atoms with Crippen molar-refractivity contribution in [3.05, 3.63) is 106 Å². The van der Waals surface area contributed by atoms with Crippen molar-refractivity contribution in [2.45, 2.75) is 45.1 Å². The van der Waals surface area contributed by atoms with Gasteiger partial charge in [-0.3, -0.25) is 9.69 Å². The first kappa shape index (κ1) is 30.3. The van der Waals surface area contributed by atoms with E-state index in [9.17, 15) is 15.2 Å². The molecule has 0 unspecified atom stereocenters. The fourth-order valence-corrected chi connectivity index (χ4v) is 6.04. The monoisotopic (exact) mass is 624 g/mol. The van der Waals surface area contributed by atoms with E-state index in [1.807, 2.05) is 71.6 Å². The number of nitriles is 1. The summed E-state index contributed by atoms with van der Waals surface area (Å²) in [5.74, 6) is 1.80. The van der Waals surface area contributed by atoms with Crippen LogP contribution in [0.4, 0.5) is 0 Å². The zero-order valence-corrected chi connectivity index (χ0v) is 25.5. The molecule has 1 saturated heterocycles. The highest BCUT2D eigenvalue weighted by atomic mass is 35.5. The third kappa shape index (κ3) is 7.17. The van der Waals surface area contributed by atoms with Gasteiger partial charge in [0.2, 0.25) is 0 Å². The van der Waals surface area contributed by atoms with Crippen molar-refractivity contribution >= 4 is 17.6 Å². The number of carbonyl (C=O) groups is 1. The van der Waals surface area contributed by atoms with Crippen molar-refractivity contribution in [3.8, 4) is 40.2 Å². The highest BCUT2D eigenvalue weighted by Crippen LogP contribution is 2.38. The van der Waals surface area contributed by atoms with E-state index in [0.717, 1.165) is 46.4 Å². The first-order chi connectivity index (χ1) is 22.0. The number of hydrogen-bond acceptors (Lipinski definition) is 7. The van der Waals surface area contributed by atoms with Crippen LogP contribution in [0.1, 0.15) is 41.5 Å². The minimum Gasteiger partial charge on any atom is -0.489 e. The number of piperidine rings is 1. The lowest BCUT2D eigenvalue weighted by Gasteiger charge is -2.33. The summed E-state index contributed by atoms with van der Waals surface area (Å²) in [5.41, 5.74) is 4.89. The van der Waals surface area contributed by atoms with Gasteiger partial charge in [0.25, 0.3) is 0 Å². The summed E-state index contributed by atoms with van der Waals surface area (Å²) in [4.78, 5) is 13.9. The zero-order chi connectivity index (χ0) is 31.2. The van der Waals surface area contributed by atoms with Crippen LogP contribution in [-0.4, -0.2) is 41.8 Å². The van der Waals surface area contributed by atoms with Crippen LogP contribution in [0.5, 0.6) is 23.0 Å². The van der Waals surface area contributed by atoms with E-state index in [0.29, 0.717) is 60.6 Å². The van der Waals surface area contributed by atoms with E-state index < -0.39 is 12.0 Å². The van der Waals surface area contributed by atoms with Crippen molar-refractivity contribution in [3.63, 3.8) is 0 Å². The van der Waals surface area contributed by atoms with Gasteiger partial charge < -0.3 is 24.1 Å². The number of ether oxygens (including phenoxy) is 4. The van der Waals surface area contributed by atoms with Crippen molar-refractivity contribution in [2.75, 3.05) is 19.8 Å². The molecule has 0 radical (unpaired) electrons. The predicted molar refractivity (Wildman–Crippen MR) is 170 cm³/mol. The average molecular weight is 625 g/mol. The summed E-state index contributed by atoms with van der Waals surface area (Å²) in [6.07, 6.45) is 2.48. The Kier molecular flexibility index (Phi) is 9.39. The summed E-state index contributed by atoms with van der Waals surface area (Å²) < 4.78 is 23.9. The zero-order valence-electron chi connectivity index (χ0n) is 24.7. The fourth-order valence-electron chi connectivity index (χ4n) is 5.75. The lowest BCUT2D eigenvalue weighted by molar-refractivity contribution is -0.144. The molecule has 0 aromatic heterocycles. The smallest absolute Gasteiger partial charge is 0.320 e. The number of nitrogens with zero attached hydrogens (tertiary/aromatic N) is 2. The normalized spacial score (nSPS) is 16.0. The molecule has 2 heterocycles. The van der Waals surface area contributed by atoms with Gasteiger partial charge in [0.1, 0.15) is 44.0 Å². The number of likely N-dealkylation sites (tertiary alicyclic amines) is 1. The molecule has 1 atom stereocenters. The Morgan fingerprint density at radius 2 is 1.78 bits per heavy atom. The largest absolute Gasteiger partial charge is 0.489 e. The molecule has 0 aliphatic carbocycles. The van der Waals surface area contributed by atoms with E-state index in [1.165, 1.54) is 0 Å². The minimum atomic E-state index is -0.805. The lowest BCUT2D eigenvalue weighted by Crippen LogP contribution is -2.44. The molecular weight excluding hydrogens is 592 g/mol. The Morgan fingerprint density at radius 1 is 0.933 bits per heavy atom. The summed E-state index contributed by atoms with van der Waals surface area (Å²) >= 11 is 6.89. The molecule has 6 rings (SSSR count). The first-order valence-corrected chi connectivity index (χ1v) is 15.4. The number of benzene rings is 4. The second kappa shape index (κ2) is 13.9. The first-order valence-electron chi connectivity index (χ1n) is 15.0. The Balaban J connectivity index is 1.22. The molecule has 0 amide bonds. The maximum absolute atomic E-state index is 11.9. The van der Waals surface area contributed by atoms with Crippen molar-refractivity contribution in [1.82, 2.24) is 4.90 Å². The van der Waals surface area contributed by atoms with Crippen LogP contribution in [0.15, 0.2) is 78.9 Å². The molecule has 2 aliphatic heterocycles. The highest BCUT2D eigenvalue weighted by molar-refractivity contribution is 6.34. The van der Waals surface area contributed by atoms with Crippen LogP contribution in [0.2, 0.25) is 5.02 Å². The number of aliphatic carboxylic acids is 1. The SMILES string of the molecule is N#Cc1cccc(COc2cc(OCc3cccc(-c4ccc5c(c4)OCCO5)c3Cl)ccc2CN2CCCC[C@H]2C(=O)O)c1. The van der Waals surface area contributed by atoms with Gasteiger partial charge in [-0.2, -0.15) is 5.26 Å².